The summed E-state index contributed by atoms with van der Waals surface area (Å²) in [6.45, 7) is 0.463. The van der Waals surface area contributed by atoms with E-state index in [2.05, 4.69) is 4.99 Å². The summed E-state index contributed by atoms with van der Waals surface area (Å²) in [6.07, 6.45) is 1.53. The maximum Gasteiger partial charge on any atom is 0.348 e. The highest BCUT2D eigenvalue weighted by atomic mass is 19.1. The summed E-state index contributed by atoms with van der Waals surface area (Å²) in [4.78, 5) is 16.2. The molecule has 0 aromatic heterocycles. The van der Waals surface area contributed by atoms with E-state index in [0.29, 0.717) is 12.2 Å². The maximum absolute atomic E-state index is 12.5. The molecule has 0 aliphatic carbocycles. The molecule has 1 aromatic rings. The molecule has 2 amide bonds. The standard InChI is InChI=1S/C9H7FN2O/c10-7-1-3-8(4-2-7)12-6-5-11-9(12)13/h1-5H,6H2. The third kappa shape index (κ3) is 1.42. The molecule has 1 aliphatic rings. The molecule has 1 heterocycles. The Hall–Kier alpha value is -1.71. The number of carbonyl (C=O) groups excluding carboxylic acids is 1. The number of nitrogens with zero attached hydrogens (tertiary/aromatic N) is 2. The number of benzene rings is 1. The van der Waals surface area contributed by atoms with E-state index in [0.717, 1.165) is 0 Å². The average Bonchev–Trinajstić information content (AvgIpc) is 2.53. The molecule has 0 spiro atoms. The third-order valence-corrected chi connectivity index (χ3v) is 1.84. The molecule has 13 heavy (non-hydrogen) atoms. The van der Waals surface area contributed by atoms with Crippen LogP contribution in [0.4, 0.5) is 14.9 Å². The second kappa shape index (κ2) is 2.97. The van der Waals surface area contributed by atoms with Gasteiger partial charge in [0.2, 0.25) is 0 Å². The van der Waals surface area contributed by atoms with Gasteiger partial charge in [-0.3, -0.25) is 4.90 Å². The van der Waals surface area contributed by atoms with Gasteiger partial charge in [0.05, 0.1) is 6.54 Å². The summed E-state index contributed by atoms with van der Waals surface area (Å²) in [5.41, 5.74) is 0.670. The fraction of sp³-hybridized carbons (Fsp3) is 0.111. The predicted octanol–water partition coefficient (Wildman–Crippen LogP) is 1.84. The Morgan fingerprint density at radius 2 is 2.00 bits per heavy atom. The highest BCUT2D eigenvalue weighted by molar-refractivity contribution is 6.04. The van der Waals surface area contributed by atoms with Crippen molar-refractivity contribution in [3.05, 3.63) is 30.1 Å². The summed E-state index contributed by atoms with van der Waals surface area (Å²) < 4.78 is 12.5. The van der Waals surface area contributed by atoms with Crippen LogP contribution in [0, 0.1) is 5.82 Å². The molecule has 0 saturated heterocycles. The molecule has 0 N–H and O–H groups in total. The summed E-state index contributed by atoms with van der Waals surface area (Å²) in [5.74, 6) is -0.309. The number of carbonyl (C=O) groups is 1. The Bertz CT molecular complexity index is 358. The van der Waals surface area contributed by atoms with Crippen LogP contribution < -0.4 is 4.90 Å². The lowest BCUT2D eigenvalue weighted by molar-refractivity contribution is 0.256. The van der Waals surface area contributed by atoms with E-state index < -0.39 is 0 Å². The van der Waals surface area contributed by atoms with Crippen molar-refractivity contribution >= 4 is 17.9 Å². The number of halogens is 1. The quantitative estimate of drug-likeness (QED) is 0.645. The van der Waals surface area contributed by atoms with E-state index >= 15 is 0 Å². The van der Waals surface area contributed by atoms with Crippen LogP contribution in [0.5, 0.6) is 0 Å². The van der Waals surface area contributed by atoms with Gasteiger partial charge in [-0.2, -0.15) is 0 Å². The smallest absolute Gasteiger partial charge is 0.287 e. The van der Waals surface area contributed by atoms with Crippen molar-refractivity contribution in [1.29, 1.82) is 0 Å². The van der Waals surface area contributed by atoms with Crippen molar-refractivity contribution in [3.63, 3.8) is 0 Å². The van der Waals surface area contributed by atoms with Gasteiger partial charge in [-0.15, -0.1) is 0 Å². The van der Waals surface area contributed by atoms with Crippen LogP contribution >= 0.6 is 0 Å². The average molecular weight is 178 g/mol. The first kappa shape index (κ1) is 7.91. The molecule has 3 nitrogen and oxygen atoms in total. The molecule has 1 aromatic carbocycles. The summed E-state index contributed by atoms with van der Waals surface area (Å²) in [6, 6.07) is 5.46. The molecule has 0 fully saturated rings. The minimum Gasteiger partial charge on any atom is -0.287 e. The Kier molecular flexibility index (Phi) is 1.81. The van der Waals surface area contributed by atoms with E-state index in [-0.39, 0.29) is 11.8 Å². The Balaban J connectivity index is 2.26. The molecule has 4 heteroatoms. The van der Waals surface area contributed by atoms with Crippen molar-refractivity contribution in [2.45, 2.75) is 0 Å². The van der Waals surface area contributed by atoms with Gasteiger partial charge in [0, 0.05) is 11.9 Å². The molecular weight excluding hydrogens is 171 g/mol. The number of anilines is 1. The lowest BCUT2D eigenvalue weighted by Gasteiger charge is -2.13. The van der Waals surface area contributed by atoms with Crippen LogP contribution in [0.25, 0.3) is 0 Å². The summed E-state index contributed by atoms with van der Waals surface area (Å²) in [7, 11) is 0. The molecule has 0 bridgehead atoms. The second-order valence-corrected chi connectivity index (χ2v) is 2.68. The van der Waals surface area contributed by atoms with Gasteiger partial charge >= 0.3 is 6.03 Å². The Morgan fingerprint density at radius 3 is 2.54 bits per heavy atom. The van der Waals surface area contributed by atoms with Crippen molar-refractivity contribution in [2.75, 3.05) is 11.4 Å². The maximum atomic E-state index is 12.5. The monoisotopic (exact) mass is 178 g/mol. The van der Waals surface area contributed by atoms with Gasteiger partial charge in [-0.1, -0.05) is 0 Å². The SMILES string of the molecule is O=C1N=CCN1c1ccc(F)cc1. The van der Waals surface area contributed by atoms with Crippen LogP contribution in [0.1, 0.15) is 0 Å². The van der Waals surface area contributed by atoms with Crippen molar-refractivity contribution < 1.29 is 9.18 Å². The van der Waals surface area contributed by atoms with Gasteiger partial charge in [0.1, 0.15) is 5.82 Å². The van der Waals surface area contributed by atoms with Crippen LogP contribution in [0.2, 0.25) is 0 Å². The number of amides is 2. The van der Waals surface area contributed by atoms with Gasteiger partial charge < -0.3 is 0 Å². The number of rotatable bonds is 1. The van der Waals surface area contributed by atoms with E-state index in [4.69, 9.17) is 0 Å². The summed E-state index contributed by atoms with van der Waals surface area (Å²) in [5, 5.41) is 0. The van der Waals surface area contributed by atoms with Gasteiger partial charge in [-0.25, -0.2) is 14.2 Å². The van der Waals surface area contributed by atoms with Crippen molar-refractivity contribution in [2.24, 2.45) is 4.99 Å². The molecule has 0 radical (unpaired) electrons. The molecule has 2 rings (SSSR count). The zero-order valence-electron chi connectivity index (χ0n) is 6.77. The van der Waals surface area contributed by atoms with E-state index in [1.165, 1.54) is 23.2 Å². The Morgan fingerprint density at radius 1 is 1.31 bits per heavy atom. The number of hydrogen-bond acceptors (Lipinski definition) is 1. The first-order valence-electron chi connectivity index (χ1n) is 3.87. The third-order valence-electron chi connectivity index (χ3n) is 1.84. The van der Waals surface area contributed by atoms with Gasteiger partial charge in [0.25, 0.3) is 0 Å². The predicted molar refractivity (Wildman–Crippen MR) is 47.6 cm³/mol. The van der Waals surface area contributed by atoms with Gasteiger partial charge in [-0.05, 0) is 24.3 Å². The second-order valence-electron chi connectivity index (χ2n) is 2.68. The van der Waals surface area contributed by atoms with Crippen LogP contribution in [0.15, 0.2) is 29.3 Å². The zero-order valence-corrected chi connectivity index (χ0v) is 6.77. The molecule has 0 saturated carbocycles. The van der Waals surface area contributed by atoms with E-state index in [1.807, 2.05) is 0 Å². The number of aliphatic imine (C=N–C) groups is 1. The largest absolute Gasteiger partial charge is 0.348 e. The fourth-order valence-electron chi connectivity index (χ4n) is 1.19. The highest BCUT2D eigenvalue weighted by Crippen LogP contribution is 2.16. The molecule has 0 unspecified atom stereocenters. The normalized spacial score (nSPS) is 15.5. The molecule has 1 aliphatic heterocycles. The first-order chi connectivity index (χ1) is 6.27. The molecule has 0 atom stereocenters. The lowest BCUT2D eigenvalue weighted by atomic mass is 10.3. The lowest BCUT2D eigenvalue weighted by Crippen LogP contribution is -2.23. The first-order valence-corrected chi connectivity index (χ1v) is 3.87. The summed E-state index contributed by atoms with van der Waals surface area (Å²) >= 11 is 0. The van der Waals surface area contributed by atoms with Gasteiger partial charge in [0.15, 0.2) is 0 Å². The fourth-order valence-corrected chi connectivity index (χ4v) is 1.19. The van der Waals surface area contributed by atoms with Crippen LogP contribution in [-0.4, -0.2) is 18.8 Å². The van der Waals surface area contributed by atoms with Crippen LogP contribution in [-0.2, 0) is 0 Å². The highest BCUT2D eigenvalue weighted by Gasteiger charge is 2.17. The minimum absolute atomic E-state index is 0.299. The van der Waals surface area contributed by atoms with E-state index in [1.54, 1.807) is 12.1 Å². The zero-order chi connectivity index (χ0) is 9.26. The Labute approximate surface area is 74.5 Å². The molecular formula is C9H7FN2O. The topological polar surface area (TPSA) is 32.7 Å². The van der Waals surface area contributed by atoms with Crippen LogP contribution in [0.3, 0.4) is 0 Å². The minimum atomic E-state index is -0.309. The molecule has 66 valence electrons. The number of hydrogen-bond donors (Lipinski definition) is 0. The van der Waals surface area contributed by atoms with Crippen molar-refractivity contribution in [3.8, 4) is 0 Å². The van der Waals surface area contributed by atoms with Crippen molar-refractivity contribution in [1.82, 2.24) is 0 Å². The number of urea groups is 1. The van der Waals surface area contributed by atoms with E-state index in [9.17, 15) is 9.18 Å².